The van der Waals surface area contributed by atoms with Crippen molar-refractivity contribution in [3.05, 3.63) is 35.4 Å². The smallest absolute Gasteiger partial charge is 0.222 e. The SMILES string of the molecule is CN=C(NCc1ccc(CN2CCCC2=O)cc1)N1CCC(OCC2CCCCO2)CC1. The predicted octanol–water partition coefficient (Wildman–Crippen LogP) is 2.93. The molecular weight excluding hydrogens is 404 g/mol. The lowest BCUT2D eigenvalue weighted by molar-refractivity contribution is -0.128. The number of guanidine groups is 1. The maximum Gasteiger partial charge on any atom is 0.222 e. The number of aliphatic imine (C=N–C) groups is 1. The van der Waals surface area contributed by atoms with Crippen molar-refractivity contribution in [3.8, 4) is 0 Å². The summed E-state index contributed by atoms with van der Waals surface area (Å²) in [6.45, 7) is 5.88. The van der Waals surface area contributed by atoms with Crippen molar-refractivity contribution in [2.75, 3.05) is 39.9 Å². The second-order valence-electron chi connectivity index (χ2n) is 9.14. The van der Waals surface area contributed by atoms with Crippen LogP contribution in [0.1, 0.15) is 56.1 Å². The quantitative estimate of drug-likeness (QED) is 0.520. The summed E-state index contributed by atoms with van der Waals surface area (Å²) >= 11 is 0. The van der Waals surface area contributed by atoms with E-state index in [4.69, 9.17) is 9.47 Å². The Balaban J connectivity index is 1.17. The van der Waals surface area contributed by atoms with Crippen LogP contribution in [0.2, 0.25) is 0 Å². The molecule has 3 aliphatic heterocycles. The second kappa shape index (κ2) is 11.7. The summed E-state index contributed by atoms with van der Waals surface area (Å²) < 4.78 is 11.9. The number of nitrogens with zero attached hydrogens (tertiary/aromatic N) is 3. The molecule has 0 aromatic heterocycles. The van der Waals surface area contributed by atoms with Gasteiger partial charge in [0.25, 0.3) is 0 Å². The van der Waals surface area contributed by atoms with Crippen molar-refractivity contribution in [1.29, 1.82) is 0 Å². The van der Waals surface area contributed by atoms with Crippen LogP contribution in [0.5, 0.6) is 0 Å². The first kappa shape index (κ1) is 23.1. The number of piperidine rings is 1. The molecule has 3 heterocycles. The van der Waals surface area contributed by atoms with E-state index < -0.39 is 0 Å². The molecule has 0 spiro atoms. The molecule has 0 aliphatic carbocycles. The van der Waals surface area contributed by atoms with E-state index in [1.807, 2.05) is 11.9 Å². The molecule has 3 aliphatic rings. The van der Waals surface area contributed by atoms with E-state index in [-0.39, 0.29) is 5.91 Å². The third-order valence-corrected chi connectivity index (χ3v) is 6.76. The van der Waals surface area contributed by atoms with Crippen molar-refractivity contribution in [3.63, 3.8) is 0 Å². The summed E-state index contributed by atoms with van der Waals surface area (Å²) in [5.41, 5.74) is 2.41. The largest absolute Gasteiger partial charge is 0.376 e. The number of rotatable bonds is 7. The Labute approximate surface area is 192 Å². The van der Waals surface area contributed by atoms with Crippen LogP contribution in [-0.2, 0) is 27.4 Å². The first-order chi connectivity index (χ1) is 15.7. The maximum atomic E-state index is 11.8. The summed E-state index contributed by atoms with van der Waals surface area (Å²) in [6.07, 6.45) is 7.92. The fraction of sp³-hybridized carbons (Fsp3) is 0.680. The molecule has 3 saturated heterocycles. The summed E-state index contributed by atoms with van der Waals surface area (Å²) in [5, 5.41) is 3.50. The fourth-order valence-corrected chi connectivity index (χ4v) is 4.78. The Kier molecular flexibility index (Phi) is 8.40. The van der Waals surface area contributed by atoms with Gasteiger partial charge in [-0.25, -0.2) is 0 Å². The molecule has 1 aromatic carbocycles. The number of likely N-dealkylation sites (tertiary alicyclic amines) is 2. The van der Waals surface area contributed by atoms with E-state index in [1.54, 1.807) is 0 Å². The number of hydrogen-bond acceptors (Lipinski definition) is 4. The summed E-state index contributed by atoms with van der Waals surface area (Å²) in [6, 6.07) is 8.54. The van der Waals surface area contributed by atoms with Gasteiger partial charge in [-0.05, 0) is 49.7 Å². The van der Waals surface area contributed by atoms with Crippen LogP contribution in [0, 0.1) is 0 Å². The van der Waals surface area contributed by atoms with Gasteiger partial charge in [0.15, 0.2) is 5.96 Å². The molecule has 32 heavy (non-hydrogen) atoms. The molecular formula is C25H38N4O3. The molecule has 7 heteroatoms. The molecule has 1 unspecified atom stereocenters. The lowest BCUT2D eigenvalue weighted by Gasteiger charge is -2.35. The van der Waals surface area contributed by atoms with E-state index in [2.05, 4.69) is 39.5 Å². The van der Waals surface area contributed by atoms with Gasteiger partial charge in [-0.15, -0.1) is 0 Å². The van der Waals surface area contributed by atoms with Gasteiger partial charge in [0.2, 0.25) is 5.91 Å². The highest BCUT2D eigenvalue weighted by molar-refractivity contribution is 5.80. The Morgan fingerprint density at radius 1 is 1.09 bits per heavy atom. The second-order valence-corrected chi connectivity index (χ2v) is 9.14. The molecule has 1 amide bonds. The van der Waals surface area contributed by atoms with Gasteiger partial charge in [0.1, 0.15) is 0 Å². The van der Waals surface area contributed by atoms with Crippen molar-refractivity contribution < 1.29 is 14.3 Å². The van der Waals surface area contributed by atoms with Gasteiger partial charge in [-0.1, -0.05) is 24.3 Å². The van der Waals surface area contributed by atoms with Crippen molar-refractivity contribution in [2.45, 2.75) is 70.2 Å². The Morgan fingerprint density at radius 3 is 2.53 bits per heavy atom. The van der Waals surface area contributed by atoms with Gasteiger partial charge < -0.3 is 24.6 Å². The predicted molar refractivity (Wildman–Crippen MR) is 125 cm³/mol. The zero-order valence-corrected chi connectivity index (χ0v) is 19.4. The van der Waals surface area contributed by atoms with Crippen LogP contribution in [0.15, 0.2) is 29.3 Å². The van der Waals surface area contributed by atoms with E-state index in [0.717, 1.165) is 77.6 Å². The minimum atomic E-state index is 0.274. The van der Waals surface area contributed by atoms with Gasteiger partial charge in [-0.3, -0.25) is 9.79 Å². The summed E-state index contributed by atoms with van der Waals surface area (Å²) in [5.74, 6) is 1.22. The zero-order valence-electron chi connectivity index (χ0n) is 19.4. The summed E-state index contributed by atoms with van der Waals surface area (Å²) in [4.78, 5) is 20.6. The highest BCUT2D eigenvalue weighted by Crippen LogP contribution is 2.18. The Morgan fingerprint density at radius 2 is 1.88 bits per heavy atom. The van der Waals surface area contributed by atoms with E-state index in [9.17, 15) is 4.79 Å². The van der Waals surface area contributed by atoms with Gasteiger partial charge >= 0.3 is 0 Å². The average Bonchev–Trinajstić information content (AvgIpc) is 3.24. The minimum absolute atomic E-state index is 0.274. The first-order valence-corrected chi connectivity index (χ1v) is 12.3. The number of carbonyl (C=O) groups excluding carboxylic acids is 1. The zero-order chi connectivity index (χ0) is 22.2. The van der Waals surface area contributed by atoms with Crippen LogP contribution < -0.4 is 5.32 Å². The van der Waals surface area contributed by atoms with Crippen LogP contribution in [-0.4, -0.2) is 73.8 Å². The summed E-state index contributed by atoms with van der Waals surface area (Å²) in [7, 11) is 1.85. The lowest BCUT2D eigenvalue weighted by atomic mass is 10.1. The molecule has 4 rings (SSSR count). The van der Waals surface area contributed by atoms with Crippen LogP contribution >= 0.6 is 0 Å². The van der Waals surface area contributed by atoms with E-state index >= 15 is 0 Å². The number of ether oxygens (including phenoxy) is 2. The maximum absolute atomic E-state index is 11.8. The third-order valence-electron chi connectivity index (χ3n) is 6.76. The number of carbonyl (C=O) groups is 1. The van der Waals surface area contributed by atoms with Crippen molar-refractivity contribution >= 4 is 11.9 Å². The molecule has 0 radical (unpaired) electrons. The Bertz CT molecular complexity index is 753. The van der Waals surface area contributed by atoms with Crippen molar-refractivity contribution in [2.24, 2.45) is 4.99 Å². The molecule has 3 fully saturated rings. The highest BCUT2D eigenvalue weighted by Gasteiger charge is 2.24. The van der Waals surface area contributed by atoms with E-state index in [1.165, 1.54) is 24.0 Å². The first-order valence-electron chi connectivity index (χ1n) is 12.3. The number of amides is 1. The van der Waals surface area contributed by atoms with Crippen LogP contribution in [0.25, 0.3) is 0 Å². The van der Waals surface area contributed by atoms with Gasteiger partial charge in [0, 0.05) is 52.8 Å². The van der Waals surface area contributed by atoms with Gasteiger partial charge in [-0.2, -0.15) is 0 Å². The standard InChI is InChI=1S/C25H38N4O3/c1-26-25(28-14-11-22(12-15-28)32-19-23-5-2-3-16-31-23)27-17-20-7-9-21(10-8-20)18-29-13-4-6-24(29)30/h7-10,22-23H,2-6,11-19H2,1H3,(H,26,27). The molecule has 176 valence electrons. The lowest BCUT2D eigenvalue weighted by Crippen LogP contribution is -2.47. The monoisotopic (exact) mass is 442 g/mol. The van der Waals surface area contributed by atoms with Gasteiger partial charge in [0.05, 0.1) is 18.8 Å². The Hall–Kier alpha value is -2.12. The minimum Gasteiger partial charge on any atom is -0.376 e. The number of nitrogens with one attached hydrogen (secondary N) is 1. The number of benzene rings is 1. The molecule has 7 nitrogen and oxygen atoms in total. The third kappa shape index (κ3) is 6.45. The normalized spacial score (nSPS) is 23.1. The number of hydrogen-bond donors (Lipinski definition) is 1. The fourth-order valence-electron chi connectivity index (χ4n) is 4.78. The highest BCUT2D eigenvalue weighted by atomic mass is 16.5. The molecule has 1 N–H and O–H groups in total. The molecule has 1 aromatic rings. The van der Waals surface area contributed by atoms with Crippen LogP contribution in [0.3, 0.4) is 0 Å². The molecule has 0 saturated carbocycles. The van der Waals surface area contributed by atoms with Crippen LogP contribution in [0.4, 0.5) is 0 Å². The molecule has 0 bridgehead atoms. The molecule has 1 atom stereocenters. The average molecular weight is 443 g/mol. The topological polar surface area (TPSA) is 66.4 Å². The van der Waals surface area contributed by atoms with Crippen molar-refractivity contribution in [1.82, 2.24) is 15.1 Å². The van der Waals surface area contributed by atoms with E-state index in [0.29, 0.717) is 18.6 Å².